The Hall–Kier alpha value is -0.830. The lowest BCUT2D eigenvalue weighted by Gasteiger charge is -2.28. The highest BCUT2D eigenvalue weighted by Gasteiger charge is 2.12. The van der Waals surface area contributed by atoms with Gasteiger partial charge in [-0.1, -0.05) is 13.0 Å². The van der Waals surface area contributed by atoms with E-state index in [9.17, 15) is 0 Å². The molecule has 0 saturated carbocycles. The molecule has 1 unspecified atom stereocenters. The van der Waals surface area contributed by atoms with E-state index < -0.39 is 0 Å². The first-order chi connectivity index (χ1) is 4.88. The lowest BCUT2D eigenvalue weighted by molar-refractivity contribution is 0.230. The number of hydrogen-bond donors (Lipinski definition) is 1. The van der Waals surface area contributed by atoms with E-state index in [0.717, 1.165) is 13.0 Å². The van der Waals surface area contributed by atoms with Crippen LogP contribution in [0.1, 0.15) is 13.3 Å². The molecule has 0 aromatic rings. The van der Waals surface area contributed by atoms with Gasteiger partial charge in [0.25, 0.3) is 0 Å². The molecule has 1 N–H and O–H groups in total. The van der Waals surface area contributed by atoms with Gasteiger partial charge in [0.2, 0.25) is 0 Å². The van der Waals surface area contributed by atoms with Crippen molar-refractivity contribution in [2.75, 3.05) is 6.54 Å². The van der Waals surface area contributed by atoms with Gasteiger partial charge in [0, 0.05) is 19.5 Å². The molecule has 0 aromatic carbocycles. The second kappa shape index (κ2) is 3.37. The van der Waals surface area contributed by atoms with Crippen molar-refractivity contribution in [2.45, 2.75) is 19.5 Å². The predicted molar refractivity (Wildman–Crippen MR) is 42.6 cm³/mol. The third-order valence-corrected chi connectivity index (χ3v) is 1.60. The first-order valence-corrected chi connectivity index (χ1v) is 3.53. The van der Waals surface area contributed by atoms with E-state index in [2.05, 4.69) is 24.1 Å². The van der Waals surface area contributed by atoms with Gasteiger partial charge in [0.15, 0.2) is 0 Å². The van der Waals surface area contributed by atoms with Crippen molar-refractivity contribution in [1.29, 1.82) is 0 Å². The van der Waals surface area contributed by atoms with E-state index >= 15 is 0 Å². The van der Waals surface area contributed by atoms with Crippen LogP contribution in [0.25, 0.3) is 0 Å². The van der Waals surface area contributed by atoms with E-state index in [1.807, 2.05) is 17.3 Å². The van der Waals surface area contributed by atoms with Crippen LogP contribution in [0.2, 0.25) is 0 Å². The van der Waals surface area contributed by atoms with Crippen LogP contribution >= 0.6 is 0 Å². The maximum atomic E-state index is 3.83. The molecule has 0 aromatic heterocycles. The minimum Gasteiger partial charge on any atom is -0.292 e. The highest BCUT2D eigenvalue weighted by atomic mass is 15.5. The molecule has 1 aliphatic heterocycles. The van der Waals surface area contributed by atoms with E-state index in [-0.39, 0.29) is 0 Å². The van der Waals surface area contributed by atoms with Crippen molar-refractivity contribution >= 4 is 6.72 Å². The number of nitrogens with zero attached hydrogens (tertiary/aromatic N) is 2. The van der Waals surface area contributed by atoms with Gasteiger partial charge in [-0.25, -0.2) is 0 Å². The summed E-state index contributed by atoms with van der Waals surface area (Å²) in [6.45, 7) is 6.52. The summed E-state index contributed by atoms with van der Waals surface area (Å²) in [5.41, 5.74) is 0. The van der Waals surface area contributed by atoms with E-state index in [1.165, 1.54) is 0 Å². The van der Waals surface area contributed by atoms with Gasteiger partial charge in [0.1, 0.15) is 6.17 Å². The lowest BCUT2D eigenvalue weighted by atomic mass is 10.3. The van der Waals surface area contributed by atoms with Gasteiger partial charge in [-0.05, 0) is 6.42 Å². The molecule has 0 amide bonds. The molecule has 0 spiro atoms. The number of hydrazone groups is 1. The average molecular weight is 139 g/mol. The summed E-state index contributed by atoms with van der Waals surface area (Å²) in [7, 11) is 0. The van der Waals surface area contributed by atoms with Gasteiger partial charge in [0.05, 0.1) is 0 Å². The topological polar surface area (TPSA) is 27.6 Å². The van der Waals surface area contributed by atoms with Gasteiger partial charge in [-0.15, -0.1) is 0 Å². The fraction of sp³-hybridized carbons (Fsp3) is 0.571. The number of nitrogens with one attached hydrogen (secondary N) is 1. The van der Waals surface area contributed by atoms with Crippen molar-refractivity contribution in [2.24, 2.45) is 5.10 Å². The molecule has 3 nitrogen and oxygen atoms in total. The Labute approximate surface area is 61.4 Å². The lowest BCUT2D eigenvalue weighted by Crippen LogP contribution is -2.42. The smallest absolute Gasteiger partial charge is 0.101 e. The van der Waals surface area contributed by atoms with Crippen LogP contribution in [0, 0.1) is 0 Å². The summed E-state index contributed by atoms with van der Waals surface area (Å²) >= 11 is 0. The maximum Gasteiger partial charge on any atom is 0.101 e. The molecule has 0 saturated heterocycles. The van der Waals surface area contributed by atoms with E-state index in [0.29, 0.717) is 6.17 Å². The Balaban J connectivity index is 2.55. The highest BCUT2D eigenvalue weighted by Crippen LogP contribution is 2.05. The van der Waals surface area contributed by atoms with Gasteiger partial charge in [-0.3, -0.25) is 10.3 Å². The van der Waals surface area contributed by atoms with Crippen molar-refractivity contribution < 1.29 is 0 Å². The molecular weight excluding hydrogens is 126 g/mol. The summed E-state index contributed by atoms with van der Waals surface area (Å²) in [4.78, 5) is 0. The molecule has 10 heavy (non-hydrogen) atoms. The minimum absolute atomic E-state index is 0.336. The minimum atomic E-state index is 0.336. The Morgan fingerprint density at radius 1 is 1.90 bits per heavy atom. The molecule has 1 heterocycles. The average Bonchev–Trinajstić information content (AvgIpc) is 2.04. The zero-order valence-electron chi connectivity index (χ0n) is 6.25. The fourth-order valence-corrected chi connectivity index (χ4v) is 1.04. The molecule has 3 heteroatoms. The molecule has 0 fully saturated rings. The van der Waals surface area contributed by atoms with E-state index in [1.54, 1.807) is 0 Å². The second-order valence-electron chi connectivity index (χ2n) is 2.24. The normalized spacial score (nSPS) is 24.9. The van der Waals surface area contributed by atoms with Crippen LogP contribution in [0.5, 0.6) is 0 Å². The zero-order chi connectivity index (χ0) is 7.40. The van der Waals surface area contributed by atoms with Crippen molar-refractivity contribution in [1.82, 2.24) is 10.3 Å². The molecule has 1 aliphatic rings. The zero-order valence-corrected chi connectivity index (χ0v) is 6.25. The summed E-state index contributed by atoms with van der Waals surface area (Å²) in [6, 6.07) is 0. The monoisotopic (exact) mass is 139 g/mol. The predicted octanol–water partition coefficient (Wildman–Crippen LogP) is 0.757. The van der Waals surface area contributed by atoms with Crippen LogP contribution in [0.3, 0.4) is 0 Å². The maximum absolute atomic E-state index is 3.83. The van der Waals surface area contributed by atoms with Crippen molar-refractivity contribution in [3.05, 3.63) is 12.3 Å². The third kappa shape index (κ3) is 1.36. The summed E-state index contributed by atoms with van der Waals surface area (Å²) < 4.78 is 0. The Morgan fingerprint density at radius 3 is 3.20 bits per heavy atom. The Kier molecular flexibility index (Phi) is 2.45. The van der Waals surface area contributed by atoms with Crippen LogP contribution in [-0.4, -0.2) is 24.4 Å². The molecule has 0 bridgehead atoms. The molecule has 1 atom stereocenters. The van der Waals surface area contributed by atoms with Crippen LogP contribution in [0.4, 0.5) is 0 Å². The Morgan fingerprint density at radius 2 is 2.70 bits per heavy atom. The SMILES string of the molecule is C=NN1C=CCNC1CC. The molecule has 56 valence electrons. The molecule has 0 radical (unpaired) electrons. The highest BCUT2D eigenvalue weighted by molar-refractivity contribution is 5.23. The van der Waals surface area contributed by atoms with Gasteiger partial charge in [-0.2, -0.15) is 5.10 Å². The Bertz CT molecular complexity index is 142. The summed E-state index contributed by atoms with van der Waals surface area (Å²) in [6.07, 6.45) is 5.37. The van der Waals surface area contributed by atoms with Crippen LogP contribution in [0.15, 0.2) is 17.4 Å². The van der Waals surface area contributed by atoms with Crippen LogP contribution in [-0.2, 0) is 0 Å². The van der Waals surface area contributed by atoms with Crippen molar-refractivity contribution in [3.63, 3.8) is 0 Å². The molecular formula is C7H13N3. The van der Waals surface area contributed by atoms with Gasteiger partial charge < -0.3 is 0 Å². The quantitative estimate of drug-likeness (QED) is 0.572. The van der Waals surface area contributed by atoms with Crippen molar-refractivity contribution in [3.8, 4) is 0 Å². The van der Waals surface area contributed by atoms with Gasteiger partial charge >= 0.3 is 0 Å². The number of rotatable bonds is 2. The largest absolute Gasteiger partial charge is 0.292 e. The second-order valence-corrected chi connectivity index (χ2v) is 2.24. The van der Waals surface area contributed by atoms with E-state index in [4.69, 9.17) is 0 Å². The first kappa shape index (κ1) is 7.28. The molecule has 0 aliphatic carbocycles. The number of hydrogen-bond acceptors (Lipinski definition) is 3. The molecule has 1 rings (SSSR count). The van der Waals surface area contributed by atoms with Crippen LogP contribution < -0.4 is 5.32 Å². The standard InChI is InChI=1S/C7H13N3/c1-3-7-9-5-4-6-10(7)8-2/h4,6-7,9H,2-3,5H2,1H3. The summed E-state index contributed by atoms with van der Waals surface area (Å²) in [5.74, 6) is 0. The fourth-order valence-electron chi connectivity index (χ4n) is 1.04. The summed E-state index contributed by atoms with van der Waals surface area (Å²) in [5, 5.41) is 8.95. The first-order valence-electron chi connectivity index (χ1n) is 3.53. The third-order valence-electron chi connectivity index (χ3n) is 1.60.